The van der Waals surface area contributed by atoms with Gasteiger partial charge < -0.3 is 50.2 Å². The summed E-state index contributed by atoms with van der Waals surface area (Å²) in [6.07, 6.45) is -1.59. The van der Waals surface area contributed by atoms with E-state index in [9.17, 15) is 39.3 Å². The number of hydrogen-bond donors (Lipinski definition) is 6. The number of unbranched alkanes of at least 4 members (excludes halogenated alkanes) is 3. The van der Waals surface area contributed by atoms with E-state index in [1.807, 2.05) is 6.92 Å². The predicted octanol–water partition coefficient (Wildman–Crippen LogP) is -0.0398. The zero-order chi connectivity index (χ0) is 34.1. The van der Waals surface area contributed by atoms with Crippen LogP contribution in [0.3, 0.4) is 0 Å². The smallest absolute Gasteiger partial charge is 0.328 e. The number of aliphatic hydroxyl groups is 3. The summed E-state index contributed by atoms with van der Waals surface area (Å²) in [4.78, 5) is 62.7. The number of rotatable bonds is 20. The molecule has 0 saturated carbocycles. The van der Waals surface area contributed by atoms with Crippen LogP contribution in [0.25, 0.3) is 0 Å². The summed E-state index contributed by atoms with van der Waals surface area (Å²) in [5, 5.41) is 37.8. The summed E-state index contributed by atoms with van der Waals surface area (Å²) in [6, 6.07) is -3.60. The second-order valence-corrected chi connectivity index (χ2v) is 11.3. The number of esters is 2. The monoisotopic (exact) mass is 647 g/mol. The lowest BCUT2D eigenvalue weighted by Crippen LogP contribution is -2.65. The Kier molecular flexibility index (Phi) is 18.8. The molecular formula is C30H53N3O12. The zero-order valence-corrected chi connectivity index (χ0v) is 27.3. The molecule has 1 heterocycles. The van der Waals surface area contributed by atoms with Crippen molar-refractivity contribution < 1.29 is 58.2 Å². The normalized spacial score (nSPS) is 24.0. The third-order valence-electron chi connectivity index (χ3n) is 7.48. The molecule has 0 aromatic carbocycles. The summed E-state index contributed by atoms with van der Waals surface area (Å²) < 4.78 is 21.3. The van der Waals surface area contributed by atoms with Gasteiger partial charge in [0.05, 0.1) is 13.7 Å². The molecule has 1 aliphatic rings. The fourth-order valence-corrected chi connectivity index (χ4v) is 4.80. The molecule has 0 aromatic heterocycles. The second-order valence-electron chi connectivity index (χ2n) is 11.3. The molecule has 45 heavy (non-hydrogen) atoms. The van der Waals surface area contributed by atoms with E-state index in [-0.39, 0.29) is 18.9 Å². The van der Waals surface area contributed by atoms with E-state index in [4.69, 9.17) is 14.2 Å². The fraction of sp³-hybridized carbons (Fsp3) is 0.833. The molecule has 1 rings (SSSR count). The third kappa shape index (κ3) is 14.0. The zero-order valence-electron chi connectivity index (χ0n) is 27.3. The van der Waals surface area contributed by atoms with Crippen molar-refractivity contribution in [3.63, 3.8) is 0 Å². The van der Waals surface area contributed by atoms with Crippen molar-refractivity contribution in [2.24, 2.45) is 0 Å². The van der Waals surface area contributed by atoms with Crippen LogP contribution >= 0.6 is 0 Å². The molecule has 15 nitrogen and oxygen atoms in total. The second kappa shape index (κ2) is 21.0. The van der Waals surface area contributed by atoms with Crippen molar-refractivity contribution in [1.29, 1.82) is 0 Å². The van der Waals surface area contributed by atoms with E-state index >= 15 is 0 Å². The fourth-order valence-electron chi connectivity index (χ4n) is 4.80. The molecule has 1 saturated heterocycles. The van der Waals surface area contributed by atoms with Gasteiger partial charge in [-0.15, -0.1) is 0 Å². The first-order valence-electron chi connectivity index (χ1n) is 15.7. The first-order chi connectivity index (χ1) is 21.3. The molecule has 6 N–H and O–H groups in total. The largest absolute Gasteiger partial charge is 0.469 e. The van der Waals surface area contributed by atoms with Gasteiger partial charge >= 0.3 is 11.9 Å². The van der Waals surface area contributed by atoms with Crippen molar-refractivity contribution in [2.75, 3.05) is 13.7 Å². The Labute approximate surface area is 265 Å². The molecule has 15 heteroatoms. The number of ether oxygens (including phenoxy) is 4. The van der Waals surface area contributed by atoms with Crippen molar-refractivity contribution in [3.8, 4) is 0 Å². The molecule has 3 amide bonds. The van der Waals surface area contributed by atoms with Crippen LogP contribution in [0.1, 0.15) is 92.4 Å². The molecule has 0 radical (unpaired) electrons. The molecule has 0 aliphatic carbocycles. The number of carbonyl (C=O) groups is 5. The van der Waals surface area contributed by atoms with Gasteiger partial charge in [0.1, 0.15) is 48.6 Å². The van der Waals surface area contributed by atoms with Crippen LogP contribution in [0.15, 0.2) is 0 Å². The molecule has 0 spiro atoms. The maximum Gasteiger partial charge on any atom is 0.328 e. The lowest BCUT2D eigenvalue weighted by molar-refractivity contribution is -0.266. The first-order valence-corrected chi connectivity index (χ1v) is 15.7. The number of amides is 3. The SMILES string of the molecule is CCCCCC(CCCC)OC(=O)[C@@H](CCC(=O)OC)NC(=O)[C@H](C)NC(=O)C(C)O[C@H]1[C@H](O)[C@@H](CO)O[C@H](O)[C@@H]1NC(C)=O. The average Bonchev–Trinajstić information content (AvgIpc) is 3.00. The summed E-state index contributed by atoms with van der Waals surface area (Å²) in [5.41, 5.74) is 0. The van der Waals surface area contributed by atoms with E-state index in [0.29, 0.717) is 12.8 Å². The Morgan fingerprint density at radius 2 is 1.56 bits per heavy atom. The van der Waals surface area contributed by atoms with Crippen molar-refractivity contribution in [2.45, 2.75) is 147 Å². The van der Waals surface area contributed by atoms with Crippen LogP contribution in [0.4, 0.5) is 0 Å². The molecule has 1 aliphatic heterocycles. The molecule has 9 atom stereocenters. The quantitative estimate of drug-likeness (QED) is 0.0758. The van der Waals surface area contributed by atoms with E-state index in [0.717, 1.165) is 32.1 Å². The number of carbonyl (C=O) groups excluding carboxylic acids is 5. The van der Waals surface area contributed by atoms with Gasteiger partial charge in [-0.1, -0.05) is 39.5 Å². The Morgan fingerprint density at radius 1 is 0.911 bits per heavy atom. The topological polar surface area (TPSA) is 219 Å². The van der Waals surface area contributed by atoms with Gasteiger partial charge in [-0.05, 0) is 39.5 Å². The molecule has 2 unspecified atom stereocenters. The highest BCUT2D eigenvalue weighted by Crippen LogP contribution is 2.24. The van der Waals surface area contributed by atoms with Crippen LogP contribution in [-0.4, -0.2) is 114 Å². The predicted molar refractivity (Wildman–Crippen MR) is 160 cm³/mol. The van der Waals surface area contributed by atoms with Gasteiger partial charge in [-0.3, -0.25) is 19.2 Å². The van der Waals surface area contributed by atoms with Crippen molar-refractivity contribution in [3.05, 3.63) is 0 Å². The Morgan fingerprint density at radius 3 is 2.13 bits per heavy atom. The van der Waals surface area contributed by atoms with Crippen LogP contribution in [0.5, 0.6) is 0 Å². The summed E-state index contributed by atoms with van der Waals surface area (Å²) in [6.45, 7) is 7.34. The van der Waals surface area contributed by atoms with E-state index in [1.54, 1.807) is 0 Å². The van der Waals surface area contributed by atoms with E-state index in [2.05, 4.69) is 27.6 Å². The minimum atomic E-state index is -1.64. The van der Waals surface area contributed by atoms with Gasteiger partial charge in [0.15, 0.2) is 6.29 Å². The standard InChI is InChI=1S/C30H53N3O12/c1-7-9-11-13-20(12-10-8-2)44-29(40)21(14-15-23(36)42-6)33-27(38)17(3)31-28(39)18(4)43-26-24(32-19(5)35)30(41)45-22(16-34)25(26)37/h17-18,20-22,24-26,30,34,37,41H,7-16H2,1-6H3,(H,31,39)(H,32,35)(H,33,38)/t17-,18?,20?,21+,22+,24+,25+,26+,30-/m0/s1. The number of methoxy groups -OCH3 is 1. The average molecular weight is 648 g/mol. The number of aliphatic hydroxyl groups excluding tert-OH is 3. The minimum absolute atomic E-state index is 0.0760. The van der Waals surface area contributed by atoms with E-state index in [1.165, 1.54) is 27.9 Å². The summed E-state index contributed by atoms with van der Waals surface area (Å²) >= 11 is 0. The molecule has 0 bridgehead atoms. The third-order valence-corrected chi connectivity index (χ3v) is 7.48. The Hall–Kier alpha value is -2.85. The Bertz CT molecular complexity index is 951. The van der Waals surface area contributed by atoms with Crippen LogP contribution in [0, 0.1) is 0 Å². The van der Waals surface area contributed by atoms with Gasteiger partial charge in [0.25, 0.3) is 0 Å². The maximum absolute atomic E-state index is 13.2. The highest BCUT2D eigenvalue weighted by molar-refractivity contribution is 5.91. The van der Waals surface area contributed by atoms with Crippen molar-refractivity contribution >= 4 is 29.7 Å². The van der Waals surface area contributed by atoms with Crippen LogP contribution in [-0.2, 0) is 42.9 Å². The Balaban J connectivity index is 2.94. The molecular weight excluding hydrogens is 594 g/mol. The van der Waals surface area contributed by atoms with Gasteiger partial charge in [0.2, 0.25) is 17.7 Å². The van der Waals surface area contributed by atoms with Gasteiger partial charge in [-0.2, -0.15) is 0 Å². The number of hydrogen-bond acceptors (Lipinski definition) is 12. The molecule has 260 valence electrons. The summed E-state index contributed by atoms with van der Waals surface area (Å²) in [5.74, 6) is -3.32. The van der Waals surface area contributed by atoms with E-state index < -0.39 is 85.1 Å². The van der Waals surface area contributed by atoms with Crippen LogP contribution < -0.4 is 16.0 Å². The van der Waals surface area contributed by atoms with Crippen molar-refractivity contribution in [1.82, 2.24) is 16.0 Å². The lowest BCUT2D eigenvalue weighted by Gasteiger charge is -2.43. The highest BCUT2D eigenvalue weighted by atomic mass is 16.6. The summed E-state index contributed by atoms with van der Waals surface area (Å²) in [7, 11) is 1.21. The van der Waals surface area contributed by atoms with Gasteiger partial charge in [-0.25, -0.2) is 4.79 Å². The molecule has 0 aromatic rings. The highest BCUT2D eigenvalue weighted by Gasteiger charge is 2.47. The van der Waals surface area contributed by atoms with Gasteiger partial charge in [0, 0.05) is 13.3 Å². The van der Waals surface area contributed by atoms with Crippen LogP contribution in [0.2, 0.25) is 0 Å². The lowest BCUT2D eigenvalue weighted by atomic mass is 9.96. The minimum Gasteiger partial charge on any atom is -0.469 e. The first kappa shape index (κ1) is 40.2. The number of nitrogens with one attached hydrogen (secondary N) is 3. The maximum atomic E-state index is 13.2. The molecule has 1 fully saturated rings.